The second-order valence-electron chi connectivity index (χ2n) is 5.82. The van der Waals surface area contributed by atoms with Crippen molar-refractivity contribution in [1.29, 1.82) is 0 Å². The van der Waals surface area contributed by atoms with E-state index in [0.717, 1.165) is 17.2 Å². The molecule has 1 N–H and O–H groups in total. The number of hydrogen-bond donors (Lipinski definition) is 1. The number of anilines is 1. The predicted octanol–water partition coefficient (Wildman–Crippen LogP) is 4.60. The van der Waals surface area contributed by atoms with Gasteiger partial charge in [-0.05, 0) is 34.4 Å². The second kappa shape index (κ2) is 4.78. The monoisotopic (exact) mass is 301 g/mol. The van der Waals surface area contributed by atoms with Gasteiger partial charge in [-0.15, -0.1) is 0 Å². The molecule has 5 rings (SSSR count). The highest BCUT2D eigenvalue weighted by Crippen LogP contribution is 2.45. The Kier molecular flexibility index (Phi) is 2.62. The van der Waals surface area contributed by atoms with Crippen LogP contribution in [0.3, 0.4) is 0 Å². The van der Waals surface area contributed by atoms with Gasteiger partial charge in [0.15, 0.2) is 11.5 Å². The molecule has 1 aliphatic heterocycles. The SMILES string of the molecule is c1ccc2c(c1)-c1ccccc1C2Nc1ccc2c(c1)OCO2. The maximum atomic E-state index is 5.48. The van der Waals surface area contributed by atoms with E-state index in [0.29, 0.717) is 6.79 Å². The molecule has 0 bridgehead atoms. The molecule has 0 saturated heterocycles. The summed E-state index contributed by atoms with van der Waals surface area (Å²) in [5.74, 6) is 1.61. The third-order valence-electron chi connectivity index (χ3n) is 4.52. The van der Waals surface area contributed by atoms with Crippen LogP contribution in [0.25, 0.3) is 11.1 Å². The van der Waals surface area contributed by atoms with Gasteiger partial charge in [0.05, 0.1) is 6.04 Å². The molecule has 0 spiro atoms. The van der Waals surface area contributed by atoms with Crippen LogP contribution in [0.5, 0.6) is 11.5 Å². The minimum Gasteiger partial charge on any atom is -0.454 e. The molecule has 0 atom stereocenters. The highest BCUT2D eigenvalue weighted by molar-refractivity contribution is 5.80. The van der Waals surface area contributed by atoms with Gasteiger partial charge >= 0.3 is 0 Å². The first-order chi connectivity index (χ1) is 11.4. The van der Waals surface area contributed by atoms with Crippen LogP contribution in [0.4, 0.5) is 5.69 Å². The van der Waals surface area contributed by atoms with Crippen LogP contribution in [-0.4, -0.2) is 6.79 Å². The van der Waals surface area contributed by atoms with Crippen LogP contribution < -0.4 is 14.8 Å². The van der Waals surface area contributed by atoms with Gasteiger partial charge < -0.3 is 14.8 Å². The Hall–Kier alpha value is -2.94. The minimum atomic E-state index is 0.155. The zero-order valence-electron chi connectivity index (χ0n) is 12.5. The van der Waals surface area contributed by atoms with Gasteiger partial charge in [-0.2, -0.15) is 0 Å². The summed E-state index contributed by atoms with van der Waals surface area (Å²) in [5.41, 5.74) is 6.27. The van der Waals surface area contributed by atoms with Crippen molar-refractivity contribution in [2.24, 2.45) is 0 Å². The van der Waals surface area contributed by atoms with Crippen LogP contribution >= 0.6 is 0 Å². The Bertz CT molecular complexity index is 858. The fourth-order valence-electron chi connectivity index (χ4n) is 3.46. The molecule has 0 aromatic heterocycles. The molecule has 0 unspecified atom stereocenters. The number of nitrogens with one attached hydrogen (secondary N) is 1. The van der Waals surface area contributed by atoms with Gasteiger partial charge in [0.25, 0.3) is 0 Å². The summed E-state index contributed by atoms with van der Waals surface area (Å²) in [5, 5.41) is 3.65. The van der Waals surface area contributed by atoms with Gasteiger partial charge in [0.2, 0.25) is 6.79 Å². The first-order valence-electron chi connectivity index (χ1n) is 7.74. The summed E-state index contributed by atoms with van der Waals surface area (Å²) in [6, 6.07) is 23.3. The summed E-state index contributed by atoms with van der Waals surface area (Å²) in [4.78, 5) is 0. The molecule has 0 amide bonds. The summed E-state index contributed by atoms with van der Waals surface area (Å²) in [7, 11) is 0. The van der Waals surface area contributed by atoms with E-state index in [1.54, 1.807) is 0 Å². The molecule has 23 heavy (non-hydrogen) atoms. The Labute approximate surface area is 134 Å². The van der Waals surface area contributed by atoms with Crippen LogP contribution in [0.15, 0.2) is 66.7 Å². The van der Waals surface area contributed by atoms with Gasteiger partial charge in [-0.3, -0.25) is 0 Å². The summed E-state index contributed by atoms with van der Waals surface area (Å²) in [6.45, 7) is 0.299. The molecule has 0 fully saturated rings. The largest absolute Gasteiger partial charge is 0.454 e. The summed E-state index contributed by atoms with van der Waals surface area (Å²) in [6.07, 6.45) is 0. The molecular weight excluding hydrogens is 286 g/mol. The molecule has 1 aliphatic carbocycles. The smallest absolute Gasteiger partial charge is 0.231 e. The van der Waals surface area contributed by atoms with Crippen LogP contribution in [0.2, 0.25) is 0 Å². The molecule has 1 heterocycles. The van der Waals surface area contributed by atoms with E-state index in [-0.39, 0.29) is 6.04 Å². The van der Waals surface area contributed by atoms with Gasteiger partial charge in [0, 0.05) is 11.8 Å². The van der Waals surface area contributed by atoms with Crippen molar-refractivity contribution in [3.8, 4) is 22.6 Å². The number of ether oxygens (including phenoxy) is 2. The molecular formula is C20H15NO2. The van der Waals surface area contributed by atoms with Crippen molar-refractivity contribution in [3.05, 3.63) is 77.9 Å². The fraction of sp³-hybridized carbons (Fsp3) is 0.100. The van der Waals surface area contributed by atoms with Gasteiger partial charge in [-0.1, -0.05) is 48.5 Å². The van der Waals surface area contributed by atoms with Crippen molar-refractivity contribution in [1.82, 2.24) is 0 Å². The van der Waals surface area contributed by atoms with Crippen molar-refractivity contribution >= 4 is 5.69 Å². The lowest BCUT2D eigenvalue weighted by atomic mass is 10.0. The standard InChI is InChI=1S/C20H15NO2/c1-3-7-16-14(5-1)15-6-2-4-8-17(15)20(16)21-13-9-10-18-19(11-13)23-12-22-18/h1-11,20-21H,12H2. The quantitative estimate of drug-likeness (QED) is 0.750. The maximum Gasteiger partial charge on any atom is 0.231 e. The van der Waals surface area contributed by atoms with Crippen molar-refractivity contribution < 1.29 is 9.47 Å². The Morgan fingerprint density at radius 1 is 0.739 bits per heavy atom. The fourth-order valence-corrected chi connectivity index (χ4v) is 3.46. The third kappa shape index (κ3) is 1.90. The first-order valence-corrected chi connectivity index (χ1v) is 7.74. The highest BCUT2D eigenvalue weighted by Gasteiger charge is 2.28. The lowest BCUT2D eigenvalue weighted by molar-refractivity contribution is 0.174. The summed E-state index contributed by atoms with van der Waals surface area (Å²) >= 11 is 0. The van der Waals surface area contributed by atoms with Crippen molar-refractivity contribution in [2.75, 3.05) is 12.1 Å². The van der Waals surface area contributed by atoms with Crippen LogP contribution in [-0.2, 0) is 0 Å². The molecule has 0 saturated carbocycles. The number of benzene rings is 3. The van der Waals surface area contributed by atoms with Crippen molar-refractivity contribution in [3.63, 3.8) is 0 Å². The summed E-state index contributed by atoms with van der Waals surface area (Å²) < 4.78 is 10.9. The van der Waals surface area contributed by atoms with Gasteiger partial charge in [0.1, 0.15) is 0 Å². The zero-order valence-corrected chi connectivity index (χ0v) is 12.5. The molecule has 3 nitrogen and oxygen atoms in total. The average molecular weight is 301 g/mol. The molecule has 3 aromatic carbocycles. The number of hydrogen-bond acceptors (Lipinski definition) is 3. The van der Waals surface area contributed by atoms with E-state index >= 15 is 0 Å². The van der Waals surface area contributed by atoms with E-state index in [2.05, 4.69) is 53.8 Å². The zero-order chi connectivity index (χ0) is 15.2. The number of fused-ring (bicyclic) bond motifs is 4. The average Bonchev–Trinajstić information content (AvgIpc) is 3.19. The lowest BCUT2D eigenvalue weighted by Crippen LogP contribution is -2.09. The first kappa shape index (κ1) is 12.6. The van der Waals surface area contributed by atoms with Crippen molar-refractivity contribution in [2.45, 2.75) is 6.04 Å². The molecule has 2 aliphatic rings. The normalized spacial score (nSPS) is 14.4. The Morgan fingerprint density at radius 2 is 1.39 bits per heavy atom. The van der Waals surface area contributed by atoms with Crippen LogP contribution in [0, 0.1) is 0 Å². The maximum absolute atomic E-state index is 5.48. The Morgan fingerprint density at radius 3 is 2.13 bits per heavy atom. The Balaban J connectivity index is 1.58. The molecule has 3 aromatic rings. The van der Waals surface area contributed by atoms with E-state index in [4.69, 9.17) is 9.47 Å². The van der Waals surface area contributed by atoms with Crippen LogP contribution in [0.1, 0.15) is 17.2 Å². The van der Waals surface area contributed by atoms with E-state index in [9.17, 15) is 0 Å². The van der Waals surface area contributed by atoms with E-state index in [1.807, 2.05) is 18.2 Å². The molecule has 112 valence electrons. The molecule has 3 heteroatoms. The highest BCUT2D eigenvalue weighted by atomic mass is 16.7. The second-order valence-corrected chi connectivity index (χ2v) is 5.82. The van der Waals surface area contributed by atoms with E-state index in [1.165, 1.54) is 22.3 Å². The third-order valence-corrected chi connectivity index (χ3v) is 4.52. The topological polar surface area (TPSA) is 30.5 Å². The van der Waals surface area contributed by atoms with E-state index < -0.39 is 0 Å². The predicted molar refractivity (Wildman–Crippen MR) is 89.9 cm³/mol. The minimum absolute atomic E-state index is 0.155. The van der Waals surface area contributed by atoms with Gasteiger partial charge in [-0.25, -0.2) is 0 Å². The molecule has 0 radical (unpaired) electrons. The lowest BCUT2D eigenvalue weighted by Gasteiger charge is -2.17. The number of rotatable bonds is 2.